The van der Waals surface area contributed by atoms with Crippen molar-refractivity contribution in [3.8, 4) is 0 Å². The van der Waals surface area contributed by atoms with E-state index in [0.29, 0.717) is 38.8 Å². The van der Waals surface area contributed by atoms with Crippen LogP contribution in [0.5, 0.6) is 0 Å². The number of nitrogens with one attached hydrogen (secondary N) is 1. The summed E-state index contributed by atoms with van der Waals surface area (Å²) in [5.41, 5.74) is 3.82. The van der Waals surface area contributed by atoms with Crippen LogP contribution in [-0.4, -0.2) is 101 Å². The van der Waals surface area contributed by atoms with E-state index in [2.05, 4.69) is 11.1 Å². The van der Waals surface area contributed by atoms with Gasteiger partial charge < -0.3 is 30.5 Å². The molecule has 5 atom stereocenters. The zero-order chi connectivity index (χ0) is 22.9. The summed E-state index contributed by atoms with van der Waals surface area (Å²) < 4.78 is 5.33. The van der Waals surface area contributed by atoms with Gasteiger partial charge in [-0.25, -0.2) is 4.79 Å². The summed E-state index contributed by atoms with van der Waals surface area (Å²) in [6, 6.07) is -3.98. The smallest absolute Gasteiger partial charge is 0.329 e. The van der Waals surface area contributed by atoms with E-state index in [-0.39, 0.29) is 24.3 Å². The van der Waals surface area contributed by atoms with Crippen LogP contribution < -0.4 is 11.1 Å². The first kappa shape index (κ1) is 23.0. The van der Waals surface area contributed by atoms with Crippen molar-refractivity contribution in [2.75, 3.05) is 26.7 Å². The quantitative estimate of drug-likeness (QED) is 0.400. The third kappa shape index (κ3) is 4.51. The molecule has 0 saturated carbocycles. The molecule has 3 aliphatic heterocycles. The fourth-order valence-corrected chi connectivity index (χ4v) is 4.39. The number of hydrogen-bond acceptors (Lipinski definition) is 6. The predicted molar refractivity (Wildman–Crippen MR) is 107 cm³/mol. The molecule has 4 N–H and O–H groups in total. The molecular weight excluding hydrogens is 406 g/mol. The lowest BCUT2D eigenvalue weighted by Gasteiger charge is -2.33. The Balaban J connectivity index is 1.88. The Bertz CT molecular complexity index is 773. The highest BCUT2D eigenvalue weighted by molar-refractivity contribution is 5.95. The average molecular weight is 439 g/mol. The molecule has 172 valence electrons. The number of carbonyl (C=O) groups excluding carboxylic acids is 5. The van der Waals surface area contributed by atoms with E-state index in [4.69, 9.17) is 4.74 Å². The maximum Gasteiger partial charge on any atom is 0.329 e. The van der Waals surface area contributed by atoms with Crippen LogP contribution in [0.15, 0.2) is 0 Å². The predicted octanol–water partition coefficient (Wildman–Crippen LogP) is -2.51. The number of cyclic esters (lactones) is 1. The third-order valence-electron chi connectivity index (χ3n) is 6.44. The minimum atomic E-state index is -0.860. The molecule has 3 rings (SSSR count). The van der Waals surface area contributed by atoms with Crippen molar-refractivity contribution in [1.29, 1.82) is 0 Å². The Hall–Kier alpha value is -2.69. The van der Waals surface area contributed by atoms with Gasteiger partial charge in [0, 0.05) is 20.1 Å². The van der Waals surface area contributed by atoms with Gasteiger partial charge in [0.25, 0.3) is 5.91 Å². The lowest BCUT2D eigenvalue weighted by Crippen LogP contribution is -2.71. The zero-order valence-corrected chi connectivity index (χ0v) is 18.3. The molecule has 0 aromatic rings. The summed E-state index contributed by atoms with van der Waals surface area (Å²) >= 11 is 0. The number of nitrogens with zero attached hydrogens (tertiary/aromatic N) is 3. The number of likely N-dealkylation sites (N-methyl/N-ethyl adjacent to an activating group) is 1. The van der Waals surface area contributed by atoms with Gasteiger partial charge >= 0.3 is 5.97 Å². The molecule has 11 nitrogen and oxygen atoms in total. The third-order valence-corrected chi connectivity index (χ3v) is 6.44. The first-order chi connectivity index (χ1) is 14.6. The van der Waals surface area contributed by atoms with Gasteiger partial charge in [-0.2, -0.15) is 0 Å². The molecule has 3 aliphatic rings. The maximum absolute atomic E-state index is 13.0. The highest BCUT2D eigenvalue weighted by Gasteiger charge is 2.42. The van der Waals surface area contributed by atoms with Crippen LogP contribution in [0, 0.1) is 0 Å². The number of carbonyl (C=O) groups is 5. The molecule has 3 fully saturated rings. The molecule has 0 spiro atoms. The van der Waals surface area contributed by atoms with Crippen LogP contribution in [0.25, 0.3) is 0 Å². The monoisotopic (exact) mass is 438 g/mol. The van der Waals surface area contributed by atoms with E-state index in [1.54, 1.807) is 13.8 Å². The molecule has 4 amide bonds. The maximum atomic E-state index is 13.0. The van der Waals surface area contributed by atoms with Gasteiger partial charge in [-0.15, -0.1) is 0 Å². The van der Waals surface area contributed by atoms with Gasteiger partial charge in [-0.1, -0.05) is 0 Å². The normalized spacial score (nSPS) is 33.9. The van der Waals surface area contributed by atoms with Crippen molar-refractivity contribution >= 4 is 29.6 Å². The van der Waals surface area contributed by atoms with E-state index in [1.165, 1.54) is 21.7 Å². The number of hydrogen-bond donors (Lipinski definition) is 2. The van der Waals surface area contributed by atoms with E-state index >= 15 is 0 Å². The Morgan fingerprint density at radius 3 is 2.13 bits per heavy atom. The molecule has 0 unspecified atom stereocenters. The van der Waals surface area contributed by atoms with Crippen LogP contribution in [-0.2, 0) is 28.7 Å². The summed E-state index contributed by atoms with van der Waals surface area (Å²) in [6.45, 7) is 3.71. The highest BCUT2D eigenvalue weighted by atomic mass is 16.5. The van der Waals surface area contributed by atoms with Crippen LogP contribution >= 0.6 is 0 Å². The molecule has 0 bridgehead atoms. The van der Waals surface area contributed by atoms with Crippen molar-refractivity contribution in [2.24, 2.45) is 0 Å². The van der Waals surface area contributed by atoms with E-state index in [1.807, 2.05) is 0 Å². The number of rotatable bonds is 0. The lowest BCUT2D eigenvalue weighted by atomic mass is 10.1. The number of amides is 4. The topological polar surface area (TPSA) is 144 Å². The molecule has 0 aliphatic carbocycles. The number of ether oxygens (including phenoxy) is 1. The van der Waals surface area contributed by atoms with Crippen molar-refractivity contribution < 1.29 is 34.4 Å². The van der Waals surface area contributed by atoms with Crippen LogP contribution in [0.1, 0.15) is 39.5 Å². The Morgan fingerprint density at radius 1 is 0.903 bits per heavy atom. The van der Waals surface area contributed by atoms with Crippen LogP contribution in [0.2, 0.25) is 0 Å². The number of esters is 1. The van der Waals surface area contributed by atoms with Crippen molar-refractivity contribution in [3.63, 3.8) is 0 Å². The van der Waals surface area contributed by atoms with Gasteiger partial charge in [0.2, 0.25) is 17.7 Å². The highest BCUT2D eigenvalue weighted by Crippen LogP contribution is 2.22. The van der Waals surface area contributed by atoms with E-state index in [9.17, 15) is 24.0 Å². The minimum absolute atomic E-state index is 0.216. The second kappa shape index (κ2) is 9.21. The molecule has 3 saturated heterocycles. The average Bonchev–Trinajstić information content (AvgIpc) is 3.43. The minimum Gasteiger partial charge on any atom is -0.457 e. The molecule has 0 radical (unpaired) electrons. The van der Waals surface area contributed by atoms with Gasteiger partial charge in [-0.3, -0.25) is 19.2 Å². The fourth-order valence-electron chi connectivity index (χ4n) is 4.39. The molecule has 3 heterocycles. The van der Waals surface area contributed by atoms with E-state index in [0.717, 1.165) is 0 Å². The Labute approximate surface area is 181 Å². The summed E-state index contributed by atoms with van der Waals surface area (Å²) in [5.74, 6) is -2.16. The molecular formula is C20H32N5O6+. The van der Waals surface area contributed by atoms with Crippen LogP contribution in [0.4, 0.5) is 0 Å². The number of quaternary nitrogens is 1. The van der Waals surface area contributed by atoms with Gasteiger partial charge in [0.1, 0.15) is 24.2 Å². The SMILES string of the molecule is C[C@@H]1NC(=O)[C@H](C)N(C)C(=O)[C@@H]2CCCN2C(=O)[C@@H]([NH3+])COC(=O)[C@@H]2CCCN2C1=O. The lowest BCUT2D eigenvalue weighted by molar-refractivity contribution is -0.411. The standard InChI is InChI=1S/C20H31N5O6/c1-11-17(27)25-9-5-7-15(25)20(30)31-10-13(21)18(28)24-8-4-6-14(24)19(29)23(3)12(2)16(26)22-11/h11-15H,4-10,21H2,1-3H3,(H,22,26)/p+1/t11-,12-,13-,14-,15-/m0/s1. The van der Waals surface area contributed by atoms with Gasteiger partial charge in [-0.05, 0) is 39.5 Å². The van der Waals surface area contributed by atoms with Crippen molar-refractivity contribution in [3.05, 3.63) is 0 Å². The second-order valence-electron chi connectivity index (χ2n) is 8.56. The summed E-state index contributed by atoms with van der Waals surface area (Å²) in [7, 11) is 1.52. The van der Waals surface area contributed by atoms with E-state index < -0.39 is 42.1 Å². The number of fused-ring (bicyclic) bond motifs is 2. The summed E-state index contributed by atoms with van der Waals surface area (Å²) in [4.78, 5) is 68.4. The van der Waals surface area contributed by atoms with Crippen molar-refractivity contribution in [1.82, 2.24) is 20.0 Å². The zero-order valence-electron chi connectivity index (χ0n) is 18.3. The molecule has 0 aromatic carbocycles. The Morgan fingerprint density at radius 2 is 1.48 bits per heavy atom. The first-order valence-corrected chi connectivity index (χ1v) is 10.8. The summed E-state index contributed by atoms with van der Waals surface area (Å²) in [6.07, 6.45) is 2.25. The Kier molecular flexibility index (Phi) is 6.83. The fraction of sp³-hybridized carbons (Fsp3) is 0.750. The molecule has 11 heteroatoms. The van der Waals surface area contributed by atoms with Gasteiger partial charge in [0.05, 0.1) is 0 Å². The summed E-state index contributed by atoms with van der Waals surface area (Å²) in [5, 5.41) is 2.65. The van der Waals surface area contributed by atoms with Gasteiger partial charge in [0.15, 0.2) is 12.6 Å². The van der Waals surface area contributed by atoms with Crippen molar-refractivity contribution in [2.45, 2.75) is 69.7 Å². The van der Waals surface area contributed by atoms with Crippen LogP contribution in [0.3, 0.4) is 0 Å². The second-order valence-corrected chi connectivity index (χ2v) is 8.56. The largest absolute Gasteiger partial charge is 0.457 e. The molecule has 31 heavy (non-hydrogen) atoms. The first-order valence-electron chi connectivity index (χ1n) is 10.8. The molecule has 0 aromatic heterocycles.